The topological polar surface area (TPSA) is 39.9 Å². The molecular formula is C13H16BrN3O. The molecule has 0 N–H and O–H groups in total. The van der Waals surface area contributed by atoms with Crippen LogP contribution >= 0.6 is 15.9 Å². The van der Waals surface area contributed by atoms with Crippen LogP contribution < -0.4 is 0 Å². The van der Waals surface area contributed by atoms with E-state index in [1.54, 1.807) is 7.11 Å². The van der Waals surface area contributed by atoms with Gasteiger partial charge in [0, 0.05) is 25.8 Å². The Balaban J connectivity index is 2.28. The van der Waals surface area contributed by atoms with Gasteiger partial charge in [0.2, 0.25) is 0 Å². The summed E-state index contributed by atoms with van der Waals surface area (Å²) in [6, 6.07) is 10.2. The van der Waals surface area contributed by atoms with Gasteiger partial charge in [0.1, 0.15) is 11.6 Å². The van der Waals surface area contributed by atoms with Gasteiger partial charge in [0.25, 0.3) is 0 Å². The predicted octanol–water partition coefficient (Wildman–Crippen LogP) is 2.74. The summed E-state index contributed by atoms with van der Waals surface area (Å²) in [5, 5.41) is 9.17. The largest absolute Gasteiger partial charge is 0.385 e. The maximum atomic E-state index is 5.08. The van der Waals surface area contributed by atoms with Gasteiger partial charge >= 0.3 is 0 Å². The molecule has 0 saturated heterocycles. The van der Waals surface area contributed by atoms with E-state index in [1.807, 2.05) is 18.2 Å². The van der Waals surface area contributed by atoms with Gasteiger partial charge in [-0.15, -0.1) is 10.2 Å². The lowest BCUT2D eigenvalue weighted by atomic mass is 10.2. The molecule has 2 aromatic rings. The number of ether oxygens (including phenoxy) is 1. The van der Waals surface area contributed by atoms with E-state index in [0.717, 1.165) is 36.8 Å². The summed E-state index contributed by atoms with van der Waals surface area (Å²) in [4.78, 5) is 0. The number of alkyl halides is 1. The zero-order valence-electron chi connectivity index (χ0n) is 10.3. The fourth-order valence-electron chi connectivity index (χ4n) is 1.85. The standard InChI is InChI=1S/C13H16BrN3O/c1-18-9-5-8-12-15-16-13(10-14)17(12)11-6-3-2-4-7-11/h2-4,6-7H,5,8-10H2,1H3. The molecule has 0 bridgehead atoms. The fraction of sp³-hybridized carbons (Fsp3) is 0.385. The molecule has 96 valence electrons. The molecule has 0 aliphatic rings. The first kappa shape index (κ1) is 13.2. The molecule has 1 heterocycles. The third-order valence-electron chi connectivity index (χ3n) is 2.68. The normalized spacial score (nSPS) is 10.8. The third-order valence-corrected chi connectivity index (χ3v) is 3.18. The van der Waals surface area contributed by atoms with Crippen LogP contribution in [0.25, 0.3) is 5.69 Å². The number of aromatic nitrogens is 3. The Kier molecular flexibility index (Phi) is 4.90. The van der Waals surface area contributed by atoms with Gasteiger partial charge in [0.05, 0.1) is 5.33 Å². The van der Waals surface area contributed by atoms with Crippen molar-refractivity contribution in [2.45, 2.75) is 18.2 Å². The van der Waals surface area contributed by atoms with Gasteiger partial charge in [-0.1, -0.05) is 34.1 Å². The number of hydrogen-bond acceptors (Lipinski definition) is 3. The van der Waals surface area contributed by atoms with E-state index < -0.39 is 0 Å². The summed E-state index contributed by atoms with van der Waals surface area (Å²) >= 11 is 3.45. The lowest BCUT2D eigenvalue weighted by Crippen LogP contribution is -2.05. The average molecular weight is 310 g/mol. The Morgan fingerprint density at radius 3 is 2.56 bits per heavy atom. The highest BCUT2D eigenvalue weighted by atomic mass is 79.9. The number of nitrogens with zero attached hydrogens (tertiary/aromatic N) is 3. The minimum Gasteiger partial charge on any atom is -0.385 e. The van der Waals surface area contributed by atoms with E-state index >= 15 is 0 Å². The molecule has 0 saturated carbocycles. The van der Waals surface area contributed by atoms with Gasteiger partial charge in [-0.2, -0.15) is 0 Å². The van der Waals surface area contributed by atoms with Crippen LogP contribution in [0.3, 0.4) is 0 Å². The first-order chi connectivity index (χ1) is 8.86. The van der Waals surface area contributed by atoms with Gasteiger partial charge in [-0.05, 0) is 18.6 Å². The van der Waals surface area contributed by atoms with E-state index in [0.29, 0.717) is 5.33 Å². The average Bonchev–Trinajstić information content (AvgIpc) is 2.83. The molecule has 0 aliphatic heterocycles. The van der Waals surface area contributed by atoms with Crippen molar-refractivity contribution in [1.82, 2.24) is 14.8 Å². The highest BCUT2D eigenvalue weighted by molar-refractivity contribution is 9.08. The molecule has 5 heteroatoms. The van der Waals surface area contributed by atoms with Gasteiger partial charge in [-0.3, -0.25) is 4.57 Å². The number of para-hydroxylation sites is 1. The second-order valence-corrected chi connectivity index (χ2v) is 4.49. The Morgan fingerprint density at radius 1 is 1.17 bits per heavy atom. The third kappa shape index (κ3) is 2.97. The van der Waals surface area contributed by atoms with Gasteiger partial charge < -0.3 is 4.74 Å². The minimum absolute atomic E-state index is 0.694. The summed E-state index contributed by atoms with van der Waals surface area (Å²) in [5.74, 6) is 1.90. The van der Waals surface area contributed by atoms with Crippen LogP contribution in [0.5, 0.6) is 0 Å². The first-order valence-corrected chi connectivity index (χ1v) is 7.02. The van der Waals surface area contributed by atoms with Crippen LogP contribution in [0.15, 0.2) is 30.3 Å². The van der Waals surface area contributed by atoms with Crippen LogP contribution in [0.4, 0.5) is 0 Å². The molecule has 0 atom stereocenters. The van der Waals surface area contributed by atoms with Gasteiger partial charge in [-0.25, -0.2) is 0 Å². The molecule has 1 aromatic heterocycles. The van der Waals surface area contributed by atoms with Crippen molar-refractivity contribution < 1.29 is 4.74 Å². The second kappa shape index (κ2) is 6.66. The maximum Gasteiger partial charge on any atom is 0.148 e. The van der Waals surface area contributed by atoms with Crippen LogP contribution in [-0.2, 0) is 16.5 Å². The molecule has 1 aromatic carbocycles. The highest BCUT2D eigenvalue weighted by Crippen LogP contribution is 2.16. The van der Waals surface area contributed by atoms with E-state index in [1.165, 1.54) is 0 Å². The quantitative estimate of drug-likeness (QED) is 0.608. The fourth-order valence-corrected chi connectivity index (χ4v) is 2.21. The van der Waals surface area contributed by atoms with Crippen molar-refractivity contribution in [2.75, 3.05) is 13.7 Å². The van der Waals surface area contributed by atoms with Crippen LogP contribution in [0.2, 0.25) is 0 Å². The number of aryl methyl sites for hydroxylation is 1. The van der Waals surface area contributed by atoms with Crippen molar-refractivity contribution in [3.05, 3.63) is 42.0 Å². The van der Waals surface area contributed by atoms with E-state index in [-0.39, 0.29) is 0 Å². The lowest BCUT2D eigenvalue weighted by molar-refractivity contribution is 0.194. The highest BCUT2D eigenvalue weighted by Gasteiger charge is 2.12. The molecule has 0 aliphatic carbocycles. The Bertz CT molecular complexity index is 484. The summed E-state index contributed by atoms with van der Waals surface area (Å²) in [6.07, 6.45) is 1.81. The number of methoxy groups -OCH3 is 1. The predicted molar refractivity (Wildman–Crippen MR) is 74.2 cm³/mol. The first-order valence-electron chi connectivity index (χ1n) is 5.90. The molecule has 0 spiro atoms. The van der Waals surface area contributed by atoms with E-state index in [9.17, 15) is 0 Å². The number of benzene rings is 1. The SMILES string of the molecule is COCCCc1nnc(CBr)n1-c1ccccc1. The van der Waals surface area contributed by atoms with Crippen molar-refractivity contribution in [2.24, 2.45) is 0 Å². The van der Waals surface area contributed by atoms with Gasteiger partial charge in [0.15, 0.2) is 0 Å². The molecule has 0 amide bonds. The summed E-state index contributed by atoms with van der Waals surface area (Å²) in [5.41, 5.74) is 1.10. The van der Waals surface area contributed by atoms with Crippen LogP contribution in [-0.4, -0.2) is 28.5 Å². The Labute approximate surface area is 115 Å². The summed E-state index contributed by atoms with van der Waals surface area (Å²) in [6.45, 7) is 0.741. The van der Waals surface area contributed by atoms with Crippen molar-refractivity contribution in [3.63, 3.8) is 0 Å². The summed E-state index contributed by atoms with van der Waals surface area (Å²) in [7, 11) is 1.71. The van der Waals surface area contributed by atoms with E-state index in [2.05, 4.69) is 42.8 Å². The Morgan fingerprint density at radius 2 is 1.89 bits per heavy atom. The molecule has 0 unspecified atom stereocenters. The minimum atomic E-state index is 0.694. The van der Waals surface area contributed by atoms with E-state index in [4.69, 9.17) is 4.74 Å². The lowest BCUT2D eigenvalue weighted by Gasteiger charge is -2.09. The van der Waals surface area contributed by atoms with Crippen molar-refractivity contribution in [1.29, 1.82) is 0 Å². The zero-order valence-corrected chi connectivity index (χ0v) is 11.9. The molecular weight excluding hydrogens is 294 g/mol. The second-order valence-electron chi connectivity index (χ2n) is 3.93. The molecule has 2 rings (SSSR count). The molecule has 0 fully saturated rings. The maximum absolute atomic E-state index is 5.08. The molecule has 0 radical (unpaired) electrons. The number of rotatable bonds is 6. The molecule has 4 nitrogen and oxygen atoms in total. The monoisotopic (exact) mass is 309 g/mol. The smallest absolute Gasteiger partial charge is 0.148 e. The number of halogens is 1. The van der Waals surface area contributed by atoms with Crippen molar-refractivity contribution in [3.8, 4) is 5.69 Å². The van der Waals surface area contributed by atoms with Crippen molar-refractivity contribution >= 4 is 15.9 Å². The summed E-state index contributed by atoms with van der Waals surface area (Å²) < 4.78 is 7.18. The zero-order chi connectivity index (χ0) is 12.8. The molecule has 18 heavy (non-hydrogen) atoms. The van der Waals surface area contributed by atoms with Crippen LogP contribution in [0, 0.1) is 0 Å². The Hall–Kier alpha value is -1.20. The number of hydrogen-bond donors (Lipinski definition) is 0. The van der Waals surface area contributed by atoms with Crippen LogP contribution in [0.1, 0.15) is 18.1 Å².